The average molecular weight is 306 g/mol. The Morgan fingerprint density at radius 1 is 1.00 bits per heavy atom. The summed E-state index contributed by atoms with van der Waals surface area (Å²) in [6.45, 7) is 21.6. The van der Waals surface area contributed by atoms with Crippen LogP contribution in [0.15, 0.2) is 68.8 Å². The van der Waals surface area contributed by atoms with Crippen LogP contribution < -0.4 is 0 Å². The molecule has 0 spiro atoms. The van der Waals surface area contributed by atoms with Crippen LogP contribution in [0.3, 0.4) is 0 Å². The van der Waals surface area contributed by atoms with E-state index in [0.717, 1.165) is 22.9 Å². The fraction of sp³-hybridized carbons (Fsp3) is 0.190. The van der Waals surface area contributed by atoms with Crippen LogP contribution in [0.25, 0.3) is 17.8 Å². The van der Waals surface area contributed by atoms with Crippen molar-refractivity contribution in [2.24, 2.45) is 0 Å². The Bertz CT molecular complexity index is 686. The summed E-state index contributed by atoms with van der Waals surface area (Å²) < 4.78 is 2.12. The number of allylic oxidation sites excluding steroid dienone is 8. The molecule has 0 amide bonds. The van der Waals surface area contributed by atoms with Crippen LogP contribution in [0.5, 0.6) is 0 Å². The predicted octanol–water partition coefficient (Wildman–Crippen LogP) is 5.79. The van der Waals surface area contributed by atoms with Gasteiger partial charge >= 0.3 is 0 Å². The summed E-state index contributed by atoms with van der Waals surface area (Å²) in [4.78, 5) is 4.79. The van der Waals surface area contributed by atoms with Gasteiger partial charge in [-0.25, -0.2) is 4.98 Å². The molecule has 120 valence electrons. The zero-order valence-electron chi connectivity index (χ0n) is 14.4. The highest BCUT2D eigenvalue weighted by Crippen LogP contribution is 2.29. The Balaban J connectivity index is 3.82. The van der Waals surface area contributed by atoms with Crippen molar-refractivity contribution in [3.8, 4) is 0 Å². The number of nitrogens with zero attached hydrogens (tertiary/aromatic N) is 2. The van der Waals surface area contributed by atoms with E-state index in [2.05, 4.69) is 51.7 Å². The summed E-state index contributed by atoms with van der Waals surface area (Å²) in [7, 11) is 0. The first-order chi connectivity index (χ1) is 10.9. The van der Waals surface area contributed by atoms with E-state index in [9.17, 15) is 0 Å². The number of rotatable bonds is 7. The van der Waals surface area contributed by atoms with Gasteiger partial charge in [0, 0.05) is 11.1 Å². The summed E-state index contributed by atoms with van der Waals surface area (Å²) in [6, 6.07) is 0. The summed E-state index contributed by atoms with van der Waals surface area (Å²) in [6.07, 6.45) is 16.8. The van der Waals surface area contributed by atoms with E-state index in [-0.39, 0.29) is 5.41 Å². The highest BCUT2D eigenvalue weighted by molar-refractivity contribution is 5.70. The molecule has 0 aliphatic rings. The minimum Gasteiger partial charge on any atom is -0.296 e. The molecule has 1 rings (SSSR count). The molecule has 0 N–H and O–H groups in total. The highest BCUT2D eigenvalue weighted by atomic mass is 15.1. The molecule has 23 heavy (non-hydrogen) atoms. The second-order valence-electron chi connectivity index (χ2n) is 6.01. The molecule has 1 aromatic rings. The molecule has 2 nitrogen and oxygen atoms in total. The number of hydrogen-bond donors (Lipinski definition) is 0. The van der Waals surface area contributed by atoms with Crippen molar-refractivity contribution in [2.75, 3.05) is 0 Å². The van der Waals surface area contributed by atoms with E-state index in [4.69, 9.17) is 4.98 Å². The average Bonchev–Trinajstić information content (AvgIpc) is 2.88. The lowest BCUT2D eigenvalue weighted by Gasteiger charge is -2.21. The molecule has 0 bridgehead atoms. The van der Waals surface area contributed by atoms with E-state index in [1.165, 1.54) is 0 Å². The van der Waals surface area contributed by atoms with E-state index < -0.39 is 0 Å². The van der Waals surface area contributed by atoms with Crippen molar-refractivity contribution in [1.29, 1.82) is 0 Å². The first kappa shape index (κ1) is 18.4. The van der Waals surface area contributed by atoms with Crippen LogP contribution in [-0.2, 0) is 5.41 Å². The summed E-state index contributed by atoms with van der Waals surface area (Å²) >= 11 is 0. The normalized spacial score (nSPS) is 12.7. The van der Waals surface area contributed by atoms with Crippen molar-refractivity contribution in [3.05, 3.63) is 86.1 Å². The monoisotopic (exact) mass is 306 g/mol. The third-order valence-electron chi connectivity index (χ3n) is 3.15. The quantitative estimate of drug-likeness (QED) is 0.583. The van der Waals surface area contributed by atoms with Gasteiger partial charge in [0.05, 0.1) is 11.4 Å². The van der Waals surface area contributed by atoms with Gasteiger partial charge < -0.3 is 0 Å². The molecule has 0 atom stereocenters. The Kier molecular flexibility index (Phi) is 6.52. The summed E-state index contributed by atoms with van der Waals surface area (Å²) in [5, 5.41) is 0. The Morgan fingerprint density at radius 2 is 1.65 bits per heavy atom. The lowest BCUT2D eigenvalue weighted by molar-refractivity contribution is 0.538. The number of imidazole rings is 1. The minimum atomic E-state index is -0.125. The van der Waals surface area contributed by atoms with Crippen molar-refractivity contribution < 1.29 is 0 Å². The van der Waals surface area contributed by atoms with Gasteiger partial charge in [0.25, 0.3) is 0 Å². The maximum Gasteiger partial charge on any atom is 0.119 e. The molecule has 0 unspecified atom stereocenters. The first-order valence-corrected chi connectivity index (χ1v) is 7.57. The first-order valence-electron chi connectivity index (χ1n) is 7.57. The SMILES string of the molecule is C=C/C=C\C(=C/C=C)n1c(C(C)(C)C)nc(C=C)c1/C=C\C=C. The minimum absolute atomic E-state index is 0.125. The fourth-order valence-corrected chi connectivity index (χ4v) is 2.18. The van der Waals surface area contributed by atoms with Crippen molar-refractivity contribution in [1.82, 2.24) is 9.55 Å². The van der Waals surface area contributed by atoms with Crippen LogP contribution in [0.4, 0.5) is 0 Å². The van der Waals surface area contributed by atoms with Gasteiger partial charge in [-0.05, 0) is 24.3 Å². The van der Waals surface area contributed by atoms with Gasteiger partial charge in [-0.1, -0.05) is 77.5 Å². The van der Waals surface area contributed by atoms with E-state index in [0.29, 0.717) is 0 Å². The second-order valence-corrected chi connectivity index (χ2v) is 6.01. The van der Waals surface area contributed by atoms with Gasteiger partial charge in [-0.2, -0.15) is 0 Å². The van der Waals surface area contributed by atoms with Crippen LogP contribution >= 0.6 is 0 Å². The van der Waals surface area contributed by atoms with E-state index in [1.54, 1.807) is 24.3 Å². The molecule has 1 heterocycles. The van der Waals surface area contributed by atoms with Gasteiger partial charge in [0.15, 0.2) is 0 Å². The smallest absolute Gasteiger partial charge is 0.119 e. The Labute approximate surface area is 140 Å². The Hall–Kier alpha value is -2.61. The van der Waals surface area contributed by atoms with Crippen molar-refractivity contribution in [2.45, 2.75) is 26.2 Å². The maximum atomic E-state index is 4.79. The van der Waals surface area contributed by atoms with Crippen molar-refractivity contribution >= 4 is 17.8 Å². The molecule has 0 saturated carbocycles. The van der Waals surface area contributed by atoms with Gasteiger partial charge in [0.1, 0.15) is 5.82 Å². The molecule has 0 aromatic carbocycles. The second kappa shape index (κ2) is 8.14. The Morgan fingerprint density at radius 3 is 2.13 bits per heavy atom. The molecule has 1 aromatic heterocycles. The lowest BCUT2D eigenvalue weighted by atomic mass is 9.95. The molecular weight excluding hydrogens is 280 g/mol. The fourth-order valence-electron chi connectivity index (χ4n) is 2.18. The summed E-state index contributed by atoms with van der Waals surface area (Å²) in [5.41, 5.74) is 2.65. The van der Waals surface area contributed by atoms with Gasteiger partial charge in [-0.15, -0.1) is 0 Å². The molecular formula is C21H26N2. The lowest BCUT2D eigenvalue weighted by Crippen LogP contribution is -2.19. The molecule has 0 saturated heterocycles. The van der Waals surface area contributed by atoms with Crippen LogP contribution in [-0.4, -0.2) is 9.55 Å². The van der Waals surface area contributed by atoms with Gasteiger partial charge in [-0.3, -0.25) is 4.57 Å². The van der Waals surface area contributed by atoms with Crippen LogP contribution in [0, 0.1) is 0 Å². The topological polar surface area (TPSA) is 17.8 Å². The summed E-state index contributed by atoms with van der Waals surface area (Å²) in [5.74, 6) is 0.956. The molecule has 0 aliphatic carbocycles. The number of aromatic nitrogens is 2. The zero-order valence-corrected chi connectivity index (χ0v) is 14.4. The van der Waals surface area contributed by atoms with E-state index in [1.807, 2.05) is 30.4 Å². The maximum absolute atomic E-state index is 4.79. The molecule has 2 heteroatoms. The number of hydrogen-bond acceptors (Lipinski definition) is 1. The highest BCUT2D eigenvalue weighted by Gasteiger charge is 2.25. The molecule has 0 fully saturated rings. The van der Waals surface area contributed by atoms with Crippen LogP contribution in [0.2, 0.25) is 0 Å². The zero-order chi connectivity index (χ0) is 17.5. The van der Waals surface area contributed by atoms with Crippen molar-refractivity contribution in [3.63, 3.8) is 0 Å². The third-order valence-corrected chi connectivity index (χ3v) is 3.15. The predicted molar refractivity (Wildman–Crippen MR) is 104 cm³/mol. The third kappa shape index (κ3) is 4.43. The largest absolute Gasteiger partial charge is 0.296 e. The molecule has 0 radical (unpaired) electrons. The standard InChI is InChI=1S/C21H26N2/c1-8-12-15-17(14-10-3)23-19(16-13-9-2)18(11-4)22-20(23)21(5,6)7/h8-16H,1-4H2,5-7H3/b15-12-,16-13-,17-14+. The van der Waals surface area contributed by atoms with Gasteiger partial charge in [0.2, 0.25) is 0 Å². The molecule has 0 aliphatic heterocycles. The van der Waals surface area contributed by atoms with Crippen LogP contribution in [0.1, 0.15) is 38.0 Å². The van der Waals surface area contributed by atoms with E-state index >= 15 is 0 Å².